The van der Waals surface area contributed by atoms with E-state index in [-0.39, 0.29) is 0 Å². The molecule has 1 aromatic carbocycles. The molecule has 62 valence electrons. The number of amides is 1. The Balaban J connectivity index is 2.27. The van der Waals surface area contributed by atoms with Crippen LogP contribution in [0.5, 0.6) is 5.75 Å². The van der Waals surface area contributed by atoms with Gasteiger partial charge in [0.25, 0.3) is 0 Å². The fourth-order valence-electron chi connectivity index (χ4n) is 0.870. The molecule has 1 heterocycles. The zero-order valence-corrected chi connectivity index (χ0v) is 7.43. The van der Waals surface area contributed by atoms with Crippen LogP contribution in [0.1, 0.15) is 0 Å². The number of hydrogen-bond donors (Lipinski definition) is 0. The summed E-state index contributed by atoms with van der Waals surface area (Å²) in [5.74, 6) is 0.663. The lowest BCUT2D eigenvalue weighted by atomic mass is 10.3. The van der Waals surface area contributed by atoms with Gasteiger partial charge in [-0.25, -0.2) is 0 Å². The summed E-state index contributed by atoms with van der Waals surface area (Å²) in [7, 11) is 0. The van der Waals surface area contributed by atoms with Crippen molar-refractivity contribution in [2.75, 3.05) is 0 Å². The third-order valence-electron chi connectivity index (χ3n) is 1.36. The number of para-hydroxylation sites is 1. The van der Waals surface area contributed by atoms with Gasteiger partial charge in [0, 0.05) is 11.9 Å². The second-order valence-electron chi connectivity index (χ2n) is 2.14. The molecule has 0 bridgehead atoms. The van der Waals surface area contributed by atoms with Crippen molar-refractivity contribution >= 4 is 28.9 Å². The molecule has 0 unspecified atom stereocenters. The maximum atomic E-state index is 10.7. The van der Waals surface area contributed by atoms with Gasteiger partial charge in [-0.2, -0.15) is 0 Å². The molecule has 0 fully saturated rings. The molecule has 2 rings (SSSR count). The first-order chi connectivity index (χ1) is 5.77. The summed E-state index contributed by atoms with van der Waals surface area (Å²) in [5.41, 5.74) is 0. The number of carbonyl (C=O) groups excluding carboxylic acids is 1. The number of carbonyl (C=O) groups is 1. The molecule has 0 spiro atoms. The van der Waals surface area contributed by atoms with Gasteiger partial charge < -0.3 is 4.84 Å². The highest BCUT2D eigenvalue weighted by Crippen LogP contribution is 2.39. The van der Waals surface area contributed by atoms with E-state index in [1.165, 1.54) is 11.9 Å². The van der Waals surface area contributed by atoms with Crippen molar-refractivity contribution in [3.63, 3.8) is 0 Å². The summed E-state index contributed by atoms with van der Waals surface area (Å²) in [5, 5.41) is -0.629. The summed E-state index contributed by atoms with van der Waals surface area (Å²) < 4.78 is 1.03. The number of rotatable bonds is 0. The Labute approximate surface area is 78.3 Å². The number of nitrogens with zero attached hydrogens (tertiary/aromatic N) is 1. The van der Waals surface area contributed by atoms with Gasteiger partial charge in [0.05, 0.1) is 4.90 Å². The van der Waals surface area contributed by atoms with E-state index in [1.54, 1.807) is 6.07 Å². The molecule has 5 heteroatoms. The van der Waals surface area contributed by atoms with Gasteiger partial charge in [-0.1, -0.05) is 16.6 Å². The predicted octanol–water partition coefficient (Wildman–Crippen LogP) is 2.66. The Morgan fingerprint density at radius 1 is 1.50 bits per heavy atom. The molecule has 0 saturated heterocycles. The van der Waals surface area contributed by atoms with Crippen LogP contribution in [0.15, 0.2) is 29.2 Å². The molecule has 0 aliphatic carbocycles. The van der Waals surface area contributed by atoms with E-state index in [0.29, 0.717) is 5.75 Å². The predicted molar refractivity (Wildman–Crippen MR) is 46.0 cm³/mol. The molecule has 1 aliphatic rings. The number of fused-ring (bicyclic) bond motifs is 1. The first-order valence-electron chi connectivity index (χ1n) is 3.22. The maximum absolute atomic E-state index is 10.7. The molecular formula is C7H4ClNO2S. The van der Waals surface area contributed by atoms with Crippen LogP contribution in [0.4, 0.5) is 4.79 Å². The number of hydrogen-bond acceptors (Lipinski definition) is 3. The average molecular weight is 202 g/mol. The molecule has 0 atom stereocenters. The van der Waals surface area contributed by atoms with Gasteiger partial charge in [0.1, 0.15) is 0 Å². The van der Waals surface area contributed by atoms with E-state index in [4.69, 9.17) is 16.4 Å². The molecule has 1 amide bonds. The van der Waals surface area contributed by atoms with Crippen LogP contribution in [0.3, 0.4) is 0 Å². The smallest absolute Gasteiger partial charge is 0.360 e. The largest absolute Gasteiger partial charge is 0.363 e. The quantitative estimate of drug-likeness (QED) is 0.367. The minimum atomic E-state index is -0.629. The van der Waals surface area contributed by atoms with E-state index in [0.717, 1.165) is 9.36 Å². The minimum Gasteiger partial charge on any atom is -0.363 e. The average Bonchev–Trinajstić information content (AvgIpc) is 2.46. The summed E-state index contributed by atoms with van der Waals surface area (Å²) >= 11 is 6.39. The van der Waals surface area contributed by atoms with Crippen LogP contribution in [0, 0.1) is 0 Å². The first kappa shape index (κ1) is 7.76. The highest BCUT2D eigenvalue weighted by molar-refractivity contribution is 7.97. The topological polar surface area (TPSA) is 29.5 Å². The lowest BCUT2D eigenvalue weighted by molar-refractivity contribution is 0.103. The van der Waals surface area contributed by atoms with Crippen LogP contribution in [0.25, 0.3) is 0 Å². The molecule has 0 radical (unpaired) electrons. The van der Waals surface area contributed by atoms with Crippen LogP contribution < -0.4 is 4.84 Å². The fraction of sp³-hybridized carbons (Fsp3) is 0. The van der Waals surface area contributed by atoms with Crippen molar-refractivity contribution in [1.29, 1.82) is 0 Å². The standard InChI is InChI=1S/C7H4ClNO2S/c8-7(10)9-11-5-3-1-2-4-6(5)12-9/h1-4H. The Hall–Kier alpha value is -0.870. The molecule has 0 N–H and O–H groups in total. The van der Waals surface area contributed by atoms with Gasteiger partial charge in [-0.05, 0) is 23.7 Å². The van der Waals surface area contributed by atoms with E-state index in [1.807, 2.05) is 18.2 Å². The van der Waals surface area contributed by atoms with Crippen molar-refractivity contribution < 1.29 is 9.63 Å². The molecule has 3 nitrogen and oxygen atoms in total. The van der Waals surface area contributed by atoms with Crippen LogP contribution in [0.2, 0.25) is 0 Å². The Morgan fingerprint density at radius 3 is 2.92 bits per heavy atom. The van der Waals surface area contributed by atoms with Crippen LogP contribution in [-0.4, -0.2) is 9.83 Å². The van der Waals surface area contributed by atoms with Crippen molar-refractivity contribution in [2.45, 2.75) is 4.90 Å². The van der Waals surface area contributed by atoms with Gasteiger partial charge >= 0.3 is 5.37 Å². The Kier molecular flexibility index (Phi) is 1.86. The molecule has 1 aromatic rings. The molecule has 12 heavy (non-hydrogen) atoms. The lowest BCUT2D eigenvalue weighted by Gasteiger charge is -2.06. The van der Waals surface area contributed by atoms with Crippen LogP contribution in [-0.2, 0) is 0 Å². The maximum Gasteiger partial charge on any atom is 0.360 e. The Bertz CT molecular complexity index is 306. The minimum absolute atomic E-state index is 0.629. The van der Waals surface area contributed by atoms with Gasteiger partial charge in [0.15, 0.2) is 5.75 Å². The zero-order valence-electron chi connectivity index (χ0n) is 5.86. The van der Waals surface area contributed by atoms with Crippen molar-refractivity contribution in [3.05, 3.63) is 24.3 Å². The normalized spacial score (nSPS) is 13.9. The van der Waals surface area contributed by atoms with Crippen LogP contribution >= 0.6 is 23.5 Å². The first-order valence-corrected chi connectivity index (χ1v) is 4.37. The van der Waals surface area contributed by atoms with E-state index < -0.39 is 5.37 Å². The summed E-state index contributed by atoms with van der Waals surface area (Å²) in [4.78, 5) is 16.6. The Morgan fingerprint density at radius 2 is 2.25 bits per heavy atom. The lowest BCUT2D eigenvalue weighted by Crippen LogP contribution is -2.17. The number of benzene rings is 1. The van der Waals surface area contributed by atoms with Gasteiger partial charge in [-0.3, -0.25) is 4.79 Å². The van der Waals surface area contributed by atoms with E-state index >= 15 is 0 Å². The van der Waals surface area contributed by atoms with Crippen molar-refractivity contribution in [1.82, 2.24) is 4.47 Å². The van der Waals surface area contributed by atoms with E-state index in [9.17, 15) is 4.79 Å². The summed E-state index contributed by atoms with van der Waals surface area (Å²) in [6.45, 7) is 0. The van der Waals surface area contributed by atoms with Gasteiger partial charge in [-0.15, -0.1) is 0 Å². The van der Waals surface area contributed by atoms with E-state index in [2.05, 4.69) is 0 Å². The second kappa shape index (κ2) is 2.88. The third-order valence-corrected chi connectivity index (χ3v) is 2.55. The molecule has 0 saturated carbocycles. The van der Waals surface area contributed by atoms with Gasteiger partial charge in [0.2, 0.25) is 0 Å². The van der Waals surface area contributed by atoms with Crippen molar-refractivity contribution in [3.8, 4) is 5.75 Å². The van der Waals surface area contributed by atoms with Crippen molar-refractivity contribution in [2.24, 2.45) is 0 Å². The molecule has 0 aromatic heterocycles. The highest BCUT2D eigenvalue weighted by atomic mass is 35.5. The number of halogens is 1. The second-order valence-corrected chi connectivity index (χ2v) is 3.42. The SMILES string of the molecule is O=C(Cl)N1Oc2ccccc2S1. The molecule has 1 aliphatic heterocycles. The highest BCUT2D eigenvalue weighted by Gasteiger charge is 2.25. The monoisotopic (exact) mass is 201 g/mol. The molecular weight excluding hydrogens is 198 g/mol. The summed E-state index contributed by atoms with van der Waals surface area (Å²) in [6.07, 6.45) is 0. The fourth-order valence-corrected chi connectivity index (χ4v) is 1.71. The third kappa shape index (κ3) is 1.23. The number of hydroxylamine groups is 1. The zero-order chi connectivity index (χ0) is 8.55. The summed E-state index contributed by atoms with van der Waals surface area (Å²) in [6, 6.07) is 7.35.